The first-order valence-electron chi connectivity index (χ1n) is 8.44. The number of carbonyl (C=O) groups is 2. The maximum absolute atomic E-state index is 12.8. The highest BCUT2D eigenvalue weighted by molar-refractivity contribution is 6.34. The smallest absolute Gasteiger partial charge is 0.240 e. The second kappa shape index (κ2) is 6.89. The molecule has 0 saturated heterocycles. The van der Waals surface area contributed by atoms with Crippen LogP contribution in [0.5, 0.6) is 0 Å². The highest BCUT2D eigenvalue weighted by Gasteiger charge is 2.56. The van der Waals surface area contributed by atoms with E-state index in [0.717, 1.165) is 23.2 Å². The van der Waals surface area contributed by atoms with Crippen LogP contribution in [-0.4, -0.2) is 11.8 Å². The third kappa shape index (κ3) is 3.40. The number of aryl methyl sites for hydroxylation is 2. The predicted octanol–water partition coefficient (Wildman–Crippen LogP) is 4.57. The van der Waals surface area contributed by atoms with Gasteiger partial charge in [0, 0.05) is 5.69 Å². The fourth-order valence-corrected chi connectivity index (χ4v) is 3.10. The summed E-state index contributed by atoms with van der Waals surface area (Å²) in [4.78, 5) is 25.5. The lowest BCUT2D eigenvalue weighted by molar-refractivity contribution is -0.131. The molecular formula is C20H21ClN2O2. The number of benzene rings is 2. The Labute approximate surface area is 152 Å². The molecule has 2 amide bonds. The molecule has 2 aromatic rings. The lowest BCUT2D eigenvalue weighted by Crippen LogP contribution is -2.36. The molecule has 130 valence electrons. The van der Waals surface area contributed by atoms with Gasteiger partial charge in [0.2, 0.25) is 11.8 Å². The van der Waals surface area contributed by atoms with Crippen LogP contribution in [0.3, 0.4) is 0 Å². The zero-order chi connectivity index (χ0) is 18.0. The van der Waals surface area contributed by atoms with Gasteiger partial charge >= 0.3 is 0 Å². The topological polar surface area (TPSA) is 58.2 Å². The zero-order valence-electron chi connectivity index (χ0n) is 14.4. The molecule has 4 nitrogen and oxygen atoms in total. The molecule has 25 heavy (non-hydrogen) atoms. The Hall–Kier alpha value is -2.33. The monoisotopic (exact) mass is 356 g/mol. The normalized spacial score (nSPS) is 14.7. The minimum Gasteiger partial charge on any atom is -0.325 e. The van der Waals surface area contributed by atoms with Crippen LogP contribution >= 0.6 is 11.6 Å². The molecule has 1 aliphatic rings. The summed E-state index contributed by atoms with van der Waals surface area (Å²) in [7, 11) is 0. The van der Waals surface area contributed by atoms with Crippen molar-refractivity contribution in [2.45, 2.75) is 33.1 Å². The summed E-state index contributed by atoms with van der Waals surface area (Å²) in [5.74, 6) is -0.550. The molecule has 0 unspecified atom stereocenters. The Bertz CT molecular complexity index is 828. The number of nitrogens with one attached hydrogen (secondary N) is 2. The van der Waals surface area contributed by atoms with Gasteiger partial charge in [-0.25, -0.2) is 0 Å². The van der Waals surface area contributed by atoms with E-state index < -0.39 is 5.41 Å². The number of amides is 2. The molecular weight excluding hydrogens is 336 g/mol. The van der Waals surface area contributed by atoms with Crippen molar-refractivity contribution in [1.82, 2.24) is 0 Å². The van der Waals surface area contributed by atoms with Crippen LogP contribution in [0.2, 0.25) is 5.02 Å². The summed E-state index contributed by atoms with van der Waals surface area (Å²) >= 11 is 6.09. The standard InChI is InChI=1S/C20H21ClN2O2/c1-3-14-8-6-7-13(2)17(14)23-19(25)20(11-12-20)18(24)22-16-10-5-4-9-15(16)21/h4-10H,3,11-12H2,1-2H3,(H,22,24)(H,23,25). The van der Waals surface area contributed by atoms with E-state index >= 15 is 0 Å². The van der Waals surface area contributed by atoms with Crippen LogP contribution < -0.4 is 10.6 Å². The average Bonchev–Trinajstić information content (AvgIpc) is 3.40. The first-order chi connectivity index (χ1) is 12.0. The highest BCUT2D eigenvalue weighted by atomic mass is 35.5. The third-order valence-electron chi connectivity index (χ3n) is 4.72. The van der Waals surface area contributed by atoms with Crippen LogP contribution in [0.4, 0.5) is 11.4 Å². The van der Waals surface area contributed by atoms with Gasteiger partial charge in [-0.05, 0) is 49.4 Å². The zero-order valence-corrected chi connectivity index (χ0v) is 15.1. The van der Waals surface area contributed by atoms with E-state index in [-0.39, 0.29) is 11.8 Å². The first kappa shape index (κ1) is 17.5. The van der Waals surface area contributed by atoms with Gasteiger partial charge in [0.25, 0.3) is 0 Å². The number of carbonyl (C=O) groups excluding carboxylic acids is 2. The van der Waals surface area contributed by atoms with Crippen LogP contribution in [0.1, 0.15) is 30.9 Å². The average molecular weight is 357 g/mol. The van der Waals surface area contributed by atoms with E-state index in [9.17, 15) is 9.59 Å². The third-order valence-corrected chi connectivity index (χ3v) is 5.05. The number of rotatable bonds is 5. The summed E-state index contributed by atoms with van der Waals surface area (Å²) in [6.07, 6.45) is 1.90. The van der Waals surface area contributed by atoms with E-state index in [1.807, 2.05) is 32.0 Å². The molecule has 2 N–H and O–H groups in total. The summed E-state index contributed by atoms with van der Waals surface area (Å²) in [6, 6.07) is 12.9. The van der Waals surface area contributed by atoms with Crippen molar-refractivity contribution in [2.75, 3.05) is 10.6 Å². The lowest BCUT2D eigenvalue weighted by atomic mass is 10.0. The van der Waals surface area contributed by atoms with Gasteiger partial charge in [-0.15, -0.1) is 0 Å². The Morgan fingerprint density at radius 3 is 2.36 bits per heavy atom. The van der Waals surface area contributed by atoms with Crippen molar-refractivity contribution in [3.63, 3.8) is 0 Å². The molecule has 0 aromatic heterocycles. The fourth-order valence-electron chi connectivity index (χ4n) is 2.92. The minimum atomic E-state index is -1.01. The number of halogens is 1. The molecule has 1 fully saturated rings. The Morgan fingerprint density at radius 1 is 1.04 bits per heavy atom. The summed E-state index contributed by atoms with van der Waals surface area (Å²) in [6.45, 7) is 4.00. The maximum Gasteiger partial charge on any atom is 0.240 e. The van der Waals surface area contributed by atoms with Crippen LogP contribution in [0.25, 0.3) is 0 Å². The molecule has 0 radical (unpaired) electrons. The first-order valence-corrected chi connectivity index (χ1v) is 8.81. The Kier molecular flexibility index (Phi) is 4.82. The quantitative estimate of drug-likeness (QED) is 0.771. The van der Waals surface area contributed by atoms with Crippen LogP contribution in [-0.2, 0) is 16.0 Å². The molecule has 0 spiro atoms. The minimum absolute atomic E-state index is 0.249. The summed E-state index contributed by atoms with van der Waals surface area (Å²) in [5, 5.41) is 6.23. The summed E-state index contributed by atoms with van der Waals surface area (Å²) < 4.78 is 0. The SMILES string of the molecule is CCc1cccc(C)c1NC(=O)C1(C(=O)Nc2ccccc2Cl)CC1. The predicted molar refractivity (Wildman–Crippen MR) is 101 cm³/mol. The van der Waals surface area contributed by atoms with Gasteiger partial charge in [-0.3, -0.25) is 9.59 Å². The van der Waals surface area contributed by atoms with E-state index in [1.165, 1.54) is 0 Å². The van der Waals surface area contributed by atoms with E-state index in [1.54, 1.807) is 24.3 Å². The number of anilines is 2. The number of hydrogen-bond donors (Lipinski definition) is 2. The van der Waals surface area contributed by atoms with Gasteiger partial charge < -0.3 is 10.6 Å². The van der Waals surface area contributed by atoms with Gasteiger partial charge in [0.15, 0.2) is 0 Å². The number of hydrogen-bond acceptors (Lipinski definition) is 2. The molecule has 0 atom stereocenters. The number of para-hydroxylation sites is 2. The Balaban J connectivity index is 1.78. The van der Waals surface area contributed by atoms with Crippen molar-refractivity contribution in [3.8, 4) is 0 Å². The van der Waals surface area contributed by atoms with E-state index in [4.69, 9.17) is 11.6 Å². The van der Waals surface area contributed by atoms with Crippen LogP contribution in [0, 0.1) is 12.3 Å². The second-order valence-electron chi connectivity index (χ2n) is 6.43. The molecule has 2 aromatic carbocycles. The summed E-state index contributed by atoms with van der Waals surface area (Å²) in [5.41, 5.74) is 2.39. The van der Waals surface area contributed by atoms with E-state index in [2.05, 4.69) is 10.6 Å². The van der Waals surface area contributed by atoms with Gasteiger partial charge in [0.05, 0.1) is 10.7 Å². The van der Waals surface area contributed by atoms with Crippen molar-refractivity contribution in [3.05, 3.63) is 58.6 Å². The van der Waals surface area contributed by atoms with E-state index in [0.29, 0.717) is 23.6 Å². The molecule has 1 aliphatic carbocycles. The molecule has 0 bridgehead atoms. The maximum atomic E-state index is 12.8. The van der Waals surface area contributed by atoms with Gasteiger partial charge in [0.1, 0.15) is 5.41 Å². The molecule has 0 heterocycles. The van der Waals surface area contributed by atoms with Gasteiger partial charge in [-0.1, -0.05) is 48.9 Å². The molecule has 0 aliphatic heterocycles. The van der Waals surface area contributed by atoms with Crippen molar-refractivity contribution >= 4 is 34.8 Å². The lowest BCUT2D eigenvalue weighted by Gasteiger charge is -2.18. The fraction of sp³-hybridized carbons (Fsp3) is 0.300. The molecule has 1 saturated carbocycles. The Morgan fingerprint density at radius 2 is 1.72 bits per heavy atom. The second-order valence-corrected chi connectivity index (χ2v) is 6.84. The largest absolute Gasteiger partial charge is 0.325 e. The van der Waals surface area contributed by atoms with Gasteiger partial charge in [-0.2, -0.15) is 0 Å². The van der Waals surface area contributed by atoms with Crippen molar-refractivity contribution in [2.24, 2.45) is 5.41 Å². The van der Waals surface area contributed by atoms with Crippen LogP contribution in [0.15, 0.2) is 42.5 Å². The molecule has 3 rings (SSSR count). The molecule has 5 heteroatoms. The van der Waals surface area contributed by atoms with Crippen molar-refractivity contribution in [1.29, 1.82) is 0 Å². The highest BCUT2D eigenvalue weighted by Crippen LogP contribution is 2.48. The van der Waals surface area contributed by atoms with Crippen molar-refractivity contribution < 1.29 is 9.59 Å².